The van der Waals surface area contributed by atoms with E-state index in [1.807, 2.05) is 0 Å². The molecule has 0 spiro atoms. The quantitative estimate of drug-likeness (QED) is 0.187. The van der Waals surface area contributed by atoms with Crippen molar-refractivity contribution in [2.24, 2.45) is 17.3 Å². The van der Waals surface area contributed by atoms with Gasteiger partial charge in [0.05, 0.1) is 5.66 Å². The van der Waals surface area contributed by atoms with Crippen LogP contribution in [0.2, 0.25) is 0 Å². The molecule has 4 heteroatoms. The van der Waals surface area contributed by atoms with Crippen LogP contribution < -0.4 is 22.7 Å². The van der Waals surface area contributed by atoms with E-state index >= 15 is 0 Å². The van der Waals surface area contributed by atoms with Crippen molar-refractivity contribution in [2.45, 2.75) is 12.6 Å². The maximum absolute atomic E-state index is 5.28. The summed E-state index contributed by atoms with van der Waals surface area (Å²) in [5, 5.41) is 0. The fourth-order valence-corrected chi connectivity index (χ4v) is 0.220. The van der Waals surface area contributed by atoms with Crippen molar-refractivity contribution in [3.8, 4) is 0 Å². The Labute approximate surface area is 43.0 Å². The Kier molecular flexibility index (Phi) is 2.17. The zero-order valence-electron chi connectivity index (χ0n) is 4.44. The number of hydrazine groups is 1. The van der Waals surface area contributed by atoms with E-state index in [0.29, 0.717) is 6.54 Å². The fraction of sp³-hybridized carbons (Fsp3) is 1.00. The van der Waals surface area contributed by atoms with Crippen molar-refractivity contribution < 1.29 is 0 Å². The molecule has 7 N–H and O–H groups in total. The van der Waals surface area contributed by atoms with E-state index in [0.717, 1.165) is 0 Å². The second-order valence-electron chi connectivity index (χ2n) is 1.89. The molecule has 0 aliphatic rings. The summed E-state index contributed by atoms with van der Waals surface area (Å²) in [6, 6.07) is 0. The van der Waals surface area contributed by atoms with Crippen LogP contribution in [0.5, 0.6) is 0 Å². The van der Waals surface area contributed by atoms with Crippen LogP contribution in [0.1, 0.15) is 6.92 Å². The topological polar surface area (TPSA) is 90.1 Å². The highest BCUT2D eigenvalue weighted by atomic mass is 15.2. The molecule has 0 aliphatic heterocycles. The average molecular weight is 104 g/mol. The van der Waals surface area contributed by atoms with Crippen LogP contribution in [0.3, 0.4) is 0 Å². The Morgan fingerprint density at radius 3 is 2.00 bits per heavy atom. The van der Waals surface area contributed by atoms with Gasteiger partial charge in [0.15, 0.2) is 0 Å². The highest BCUT2D eigenvalue weighted by Gasteiger charge is 2.07. The predicted octanol–water partition coefficient (Wildman–Crippen LogP) is -1.92. The van der Waals surface area contributed by atoms with Crippen LogP contribution >= 0.6 is 0 Å². The summed E-state index contributed by atoms with van der Waals surface area (Å²) in [5.41, 5.74) is 12.2. The molecule has 0 radical (unpaired) electrons. The van der Waals surface area contributed by atoms with Gasteiger partial charge >= 0.3 is 0 Å². The average Bonchev–Trinajstić information content (AvgIpc) is 1.30. The van der Waals surface area contributed by atoms with Crippen molar-refractivity contribution in [2.75, 3.05) is 6.54 Å². The molecule has 0 unspecified atom stereocenters. The maximum Gasteiger partial charge on any atom is 0.0749 e. The van der Waals surface area contributed by atoms with E-state index in [-0.39, 0.29) is 0 Å². The van der Waals surface area contributed by atoms with Gasteiger partial charge in [0.25, 0.3) is 0 Å². The molecule has 0 bridgehead atoms. The van der Waals surface area contributed by atoms with E-state index in [1.54, 1.807) is 6.92 Å². The third kappa shape index (κ3) is 5.84. The van der Waals surface area contributed by atoms with Crippen LogP contribution in [0, 0.1) is 0 Å². The summed E-state index contributed by atoms with van der Waals surface area (Å²) in [6.07, 6.45) is 0. The van der Waals surface area contributed by atoms with Crippen LogP contribution in [0.15, 0.2) is 0 Å². The second-order valence-corrected chi connectivity index (χ2v) is 1.89. The number of hydrogen-bond acceptors (Lipinski definition) is 4. The Morgan fingerprint density at radius 1 is 1.57 bits per heavy atom. The number of rotatable bonds is 2. The number of nitrogens with two attached hydrogens (primary N) is 3. The van der Waals surface area contributed by atoms with Gasteiger partial charge in [-0.15, -0.1) is 0 Å². The monoisotopic (exact) mass is 104 g/mol. The molecule has 0 aliphatic carbocycles. The first-order chi connectivity index (χ1) is 3.06. The SMILES string of the molecule is CC(N)(N)CNN. The lowest BCUT2D eigenvalue weighted by Gasteiger charge is -2.16. The molecular weight excluding hydrogens is 92.1 g/mol. The van der Waals surface area contributed by atoms with Gasteiger partial charge < -0.3 is 11.5 Å². The molecule has 0 heterocycles. The molecule has 0 atom stereocenters. The number of nitrogens with one attached hydrogen (secondary N) is 1. The van der Waals surface area contributed by atoms with Crippen molar-refractivity contribution in [3.63, 3.8) is 0 Å². The van der Waals surface area contributed by atoms with Crippen molar-refractivity contribution in [3.05, 3.63) is 0 Å². The van der Waals surface area contributed by atoms with Crippen LogP contribution in [0.4, 0.5) is 0 Å². The third-order valence-corrected chi connectivity index (χ3v) is 0.483. The van der Waals surface area contributed by atoms with Crippen molar-refractivity contribution in [1.82, 2.24) is 5.43 Å². The molecule has 0 aromatic heterocycles. The molecule has 0 amide bonds. The smallest absolute Gasteiger partial charge is 0.0749 e. The Hall–Kier alpha value is -0.160. The summed E-state index contributed by atoms with van der Waals surface area (Å²) in [5.74, 6) is 4.90. The first kappa shape index (κ1) is 6.84. The van der Waals surface area contributed by atoms with Gasteiger partial charge in [0, 0.05) is 6.54 Å². The van der Waals surface area contributed by atoms with Crippen LogP contribution in [-0.2, 0) is 0 Å². The maximum atomic E-state index is 5.28. The lowest BCUT2D eigenvalue weighted by Crippen LogP contribution is -2.55. The van der Waals surface area contributed by atoms with Gasteiger partial charge in [-0.05, 0) is 6.92 Å². The molecule has 4 nitrogen and oxygen atoms in total. The highest BCUT2D eigenvalue weighted by Crippen LogP contribution is 1.78. The zero-order chi connectivity index (χ0) is 5.91. The molecular formula is C3H12N4. The second kappa shape index (κ2) is 2.23. The standard InChI is InChI=1S/C3H12N4/c1-3(4,5)2-7-6/h7H,2,4-6H2,1H3. The minimum absolute atomic E-state index is 0.424. The van der Waals surface area contributed by atoms with Gasteiger partial charge in [-0.1, -0.05) is 0 Å². The molecule has 0 saturated carbocycles. The fourth-order valence-electron chi connectivity index (χ4n) is 0.220. The first-order valence-electron chi connectivity index (χ1n) is 2.07. The number of hydrogen-bond donors (Lipinski definition) is 4. The van der Waals surface area contributed by atoms with Gasteiger partial charge in [-0.3, -0.25) is 11.3 Å². The molecule has 7 heavy (non-hydrogen) atoms. The van der Waals surface area contributed by atoms with E-state index < -0.39 is 5.66 Å². The van der Waals surface area contributed by atoms with Gasteiger partial charge in [-0.2, -0.15) is 0 Å². The van der Waals surface area contributed by atoms with Gasteiger partial charge in [0.2, 0.25) is 0 Å². The largest absolute Gasteiger partial charge is 0.313 e. The normalized spacial score (nSPS) is 12.0. The summed E-state index contributed by atoms with van der Waals surface area (Å²) < 4.78 is 0. The molecule has 44 valence electrons. The predicted molar refractivity (Wildman–Crippen MR) is 29.0 cm³/mol. The lowest BCUT2D eigenvalue weighted by atomic mass is 10.2. The zero-order valence-corrected chi connectivity index (χ0v) is 4.44. The van der Waals surface area contributed by atoms with Gasteiger partial charge in [0.1, 0.15) is 0 Å². The molecule has 0 saturated heterocycles. The third-order valence-electron chi connectivity index (χ3n) is 0.483. The Bertz CT molecular complexity index is 45.4. The van der Waals surface area contributed by atoms with E-state index in [1.165, 1.54) is 0 Å². The first-order valence-corrected chi connectivity index (χ1v) is 2.07. The minimum atomic E-state index is -0.686. The molecule has 0 aromatic carbocycles. The summed E-state index contributed by atoms with van der Waals surface area (Å²) in [6.45, 7) is 2.11. The van der Waals surface area contributed by atoms with Gasteiger partial charge in [-0.25, -0.2) is 0 Å². The minimum Gasteiger partial charge on any atom is -0.313 e. The Balaban J connectivity index is 3.15. The van der Waals surface area contributed by atoms with E-state index in [2.05, 4.69) is 5.43 Å². The van der Waals surface area contributed by atoms with Crippen LogP contribution in [0.25, 0.3) is 0 Å². The van der Waals surface area contributed by atoms with Crippen LogP contribution in [-0.4, -0.2) is 12.2 Å². The molecule has 0 aromatic rings. The Morgan fingerprint density at radius 2 is 2.00 bits per heavy atom. The van der Waals surface area contributed by atoms with E-state index in [9.17, 15) is 0 Å². The molecule has 0 fully saturated rings. The summed E-state index contributed by atoms with van der Waals surface area (Å²) in [7, 11) is 0. The van der Waals surface area contributed by atoms with Crippen molar-refractivity contribution >= 4 is 0 Å². The summed E-state index contributed by atoms with van der Waals surface area (Å²) >= 11 is 0. The lowest BCUT2D eigenvalue weighted by molar-refractivity contribution is 0.451. The molecule has 0 rings (SSSR count). The van der Waals surface area contributed by atoms with Crippen molar-refractivity contribution in [1.29, 1.82) is 0 Å². The summed E-state index contributed by atoms with van der Waals surface area (Å²) in [4.78, 5) is 0. The van der Waals surface area contributed by atoms with E-state index in [4.69, 9.17) is 17.3 Å². The highest BCUT2D eigenvalue weighted by molar-refractivity contribution is 4.70.